The molecule has 1 aromatic heterocycles. The summed E-state index contributed by atoms with van der Waals surface area (Å²) in [6.45, 7) is 5.07. The van der Waals surface area contributed by atoms with Gasteiger partial charge in [0.1, 0.15) is 11.1 Å². The maximum atomic E-state index is 12.0. The number of hydrogen-bond acceptors (Lipinski definition) is 5. The predicted octanol–water partition coefficient (Wildman–Crippen LogP) is 1.47. The number of carbonyl (C=O) groups excluding carboxylic acids is 1. The maximum Gasteiger partial charge on any atom is 0.239 e. The Hall–Kier alpha value is -1.42. The first-order valence-corrected chi connectivity index (χ1v) is 7.72. The molecule has 1 aromatic rings. The highest BCUT2D eigenvalue weighted by atomic mass is 32.1. The molecule has 0 radical (unpaired) electrons. The SMILES string of the molecule is CC1CCN(CC(=O)Nc2sccc2C#N)CC1CN. The van der Waals surface area contributed by atoms with Crippen LogP contribution >= 0.6 is 11.3 Å². The van der Waals surface area contributed by atoms with Gasteiger partial charge in [0.15, 0.2) is 0 Å². The van der Waals surface area contributed by atoms with Crippen molar-refractivity contribution in [3.05, 3.63) is 17.0 Å². The quantitative estimate of drug-likeness (QED) is 0.880. The van der Waals surface area contributed by atoms with Crippen LogP contribution in [0.15, 0.2) is 11.4 Å². The third kappa shape index (κ3) is 3.57. The number of likely N-dealkylation sites (tertiary alicyclic amines) is 1. The van der Waals surface area contributed by atoms with Gasteiger partial charge in [0, 0.05) is 6.54 Å². The van der Waals surface area contributed by atoms with Gasteiger partial charge >= 0.3 is 0 Å². The molecule has 1 aliphatic rings. The van der Waals surface area contributed by atoms with Crippen molar-refractivity contribution < 1.29 is 4.79 Å². The minimum absolute atomic E-state index is 0.0609. The van der Waals surface area contributed by atoms with E-state index in [9.17, 15) is 4.79 Å². The summed E-state index contributed by atoms with van der Waals surface area (Å²) >= 11 is 1.38. The van der Waals surface area contributed by atoms with Crippen molar-refractivity contribution in [2.75, 3.05) is 31.5 Å². The number of nitriles is 1. The standard InChI is InChI=1S/C14H20N4OS/c1-10-2-4-18(8-12(10)7-16)9-13(19)17-14-11(6-15)3-5-20-14/h3,5,10,12H,2,4,7-9,16H2,1H3,(H,17,19). The lowest BCUT2D eigenvalue weighted by atomic mass is 9.87. The Morgan fingerprint density at radius 2 is 2.50 bits per heavy atom. The minimum atomic E-state index is -0.0609. The molecule has 1 amide bonds. The van der Waals surface area contributed by atoms with E-state index in [1.54, 1.807) is 11.4 Å². The molecule has 1 saturated heterocycles. The molecular formula is C14H20N4OS. The van der Waals surface area contributed by atoms with Crippen molar-refractivity contribution in [2.24, 2.45) is 17.6 Å². The first kappa shape index (κ1) is 15.0. The smallest absolute Gasteiger partial charge is 0.239 e. The number of amides is 1. The summed E-state index contributed by atoms with van der Waals surface area (Å²) < 4.78 is 0. The van der Waals surface area contributed by atoms with E-state index in [1.807, 2.05) is 0 Å². The second-order valence-corrected chi connectivity index (χ2v) is 6.24. The fourth-order valence-corrected chi connectivity index (χ4v) is 3.29. The van der Waals surface area contributed by atoms with Gasteiger partial charge in [0.05, 0.1) is 12.1 Å². The van der Waals surface area contributed by atoms with E-state index < -0.39 is 0 Å². The fraction of sp³-hybridized carbons (Fsp3) is 0.571. The molecule has 2 rings (SSSR count). The van der Waals surface area contributed by atoms with E-state index in [-0.39, 0.29) is 5.91 Å². The first-order chi connectivity index (χ1) is 9.63. The summed E-state index contributed by atoms with van der Waals surface area (Å²) in [6.07, 6.45) is 1.08. The molecule has 2 unspecified atom stereocenters. The second-order valence-electron chi connectivity index (χ2n) is 5.32. The van der Waals surface area contributed by atoms with Crippen molar-refractivity contribution in [1.82, 2.24) is 4.90 Å². The molecule has 0 aromatic carbocycles. The van der Waals surface area contributed by atoms with Gasteiger partial charge in [-0.3, -0.25) is 9.69 Å². The van der Waals surface area contributed by atoms with Gasteiger partial charge in [0.25, 0.3) is 0 Å². The average molecular weight is 292 g/mol. The molecular weight excluding hydrogens is 272 g/mol. The van der Waals surface area contributed by atoms with Crippen molar-refractivity contribution in [3.8, 4) is 6.07 Å². The van der Waals surface area contributed by atoms with Crippen LogP contribution in [0.25, 0.3) is 0 Å². The highest BCUT2D eigenvalue weighted by Crippen LogP contribution is 2.24. The number of nitrogens with zero attached hydrogens (tertiary/aromatic N) is 2. The van der Waals surface area contributed by atoms with Crippen molar-refractivity contribution in [2.45, 2.75) is 13.3 Å². The third-order valence-corrected chi connectivity index (χ3v) is 4.74. The number of anilines is 1. The summed E-state index contributed by atoms with van der Waals surface area (Å²) in [5, 5.41) is 14.2. The van der Waals surface area contributed by atoms with E-state index in [0.29, 0.717) is 35.5 Å². The number of hydrogen-bond donors (Lipinski definition) is 2. The lowest BCUT2D eigenvalue weighted by Crippen LogP contribution is -2.45. The Morgan fingerprint density at radius 1 is 1.70 bits per heavy atom. The molecule has 1 aliphatic heterocycles. The molecule has 2 atom stereocenters. The summed E-state index contributed by atoms with van der Waals surface area (Å²) in [5.41, 5.74) is 6.30. The molecule has 0 aliphatic carbocycles. The second kappa shape index (κ2) is 6.84. The van der Waals surface area contributed by atoms with Crippen molar-refractivity contribution in [3.63, 3.8) is 0 Å². The number of nitrogens with one attached hydrogen (secondary N) is 1. The lowest BCUT2D eigenvalue weighted by Gasteiger charge is -2.36. The summed E-state index contributed by atoms with van der Waals surface area (Å²) in [5.74, 6) is 1.03. The predicted molar refractivity (Wildman–Crippen MR) is 80.4 cm³/mol. The third-order valence-electron chi connectivity index (χ3n) is 3.91. The van der Waals surface area contributed by atoms with E-state index in [2.05, 4.69) is 23.2 Å². The van der Waals surface area contributed by atoms with Crippen LogP contribution in [0.2, 0.25) is 0 Å². The van der Waals surface area contributed by atoms with Gasteiger partial charge in [-0.1, -0.05) is 6.92 Å². The van der Waals surface area contributed by atoms with Crippen LogP contribution in [0, 0.1) is 23.2 Å². The summed E-state index contributed by atoms with van der Waals surface area (Å²) in [7, 11) is 0. The number of nitrogens with two attached hydrogens (primary N) is 1. The van der Waals surface area contributed by atoms with Crippen LogP contribution in [0.5, 0.6) is 0 Å². The largest absolute Gasteiger partial charge is 0.330 e. The minimum Gasteiger partial charge on any atom is -0.330 e. The number of carbonyl (C=O) groups is 1. The monoisotopic (exact) mass is 292 g/mol. The Balaban J connectivity index is 1.87. The van der Waals surface area contributed by atoms with Crippen LogP contribution in [-0.2, 0) is 4.79 Å². The van der Waals surface area contributed by atoms with Crippen molar-refractivity contribution >= 4 is 22.2 Å². The normalized spacial score (nSPS) is 23.2. The average Bonchev–Trinajstić information content (AvgIpc) is 2.88. The Bertz CT molecular complexity index is 508. The first-order valence-electron chi connectivity index (χ1n) is 6.84. The molecule has 3 N–H and O–H groups in total. The molecule has 2 heterocycles. The number of thiophene rings is 1. The van der Waals surface area contributed by atoms with Gasteiger partial charge < -0.3 is 11.1 Å². The zero-order chi connectivity index (χ0) is 14.5. The van der Waals surface area contributed by atoms with Gasteiger partial charge in [-0.2, -0.15) is 5.26 Å². The number of rotatable bonds is 4. The molecule has 0 spiro atoms. The molecule has 1 fully saturated rings. The Morgan fingerprint density at radius 3 is 3.20 bits per heavy atom. The van der Waals surface area contributed by atoms with E-state index in [4.69, 9.17) is 11.0 Å². The van der Waals surface area contributed by atoms with E-state index in [0.717, 1.165) is 19.5 Å². The van der Waals surface area contributed by atoms with Crippen LogP contribution in [0.1, 0.15) is 18.9 Å². The van der Waals surface area contributed by atoms with E-state index in [1.165, 1.54) is 11.3 Å². The Kier molecular flexibility index (Phi) is 5.12. The van der Waals surface area contributed by atoms with Gasteiger partial charge in [-0.15, -0.1) is 11.3 Å². The fourth-order valence-electron chi connectivity index (χ4n) is 2.54. The lowest BCUT2D eigenvalue weighted by molar-refractivity contribution is -0.117. The molecule has 108 valence electrons. The van der Waals surface area contributed by atoms with Crippen LogP contribution < -0.4 is 11.1 Å². The highest BCUT2D eigenvalue weighted by molar-refractivity contribution is 7.14. The van der Waals surface area contributed by atoms with Crippen molar-refractivity contribution in [1.29, 1.82) is 5.26 Å². The van der Waals surface area contributed by atoms with Crippen LogP contribution in [0.4, 0.5) is 5.00 Å². The zero-order valence-electron chi connectivity index (χ0n) is 11.6. The molecule has 20 heavy (non-hydrogen) atoms. The molecule has 5 nitrogen and oxygen atoms in total. The van der Waals surface area contributed by atoms with E-state index >= 15 is 0 Å². The summed E-state index contributed by atoms with van der Waals surface area (Å²) in [6, 6.07) is 3.79. The maximum absolute atomic E-state index is 12.0. The summed E-state index contributed by atoms with van der Waals surface area (Å²) in [4.78, 5) is 14.2. The highest BCUT2D eigenvalue weighted by Gasteiger charge is 2.26. The van der Waals surface area contributed by atoms with Gasteiger partial charge in [-0.05, 0) is 42.8 Å². The molecule has 6 heteroatoms. The molecule has 0 bridgehead atoms. The Labute approximate surface area is 123 Å². The van der Waals surface area contributed by atoms with Crippen LogP contribution in [-0.4, -0.2) is 37.0 Å². The number of piperidine rings is 1. The topological polar surface area (TPSA) is 82.2 Å². The zero-order valence-corrected chi connectivity index (χ0v) is 12.4. The molecule has 0 saturated carbocycles. The van der Waals surface area contributed by atoms with Crippen LogP contribution in [0.3, 0.4) is 0 Å². The van der Waals surface area contributed by atoms with Gasteiger partial charge in [0.2, 0.25) is 5.91 Å². The van der Waals surface area contributed by atoms with Gasteiger partial charge in [-0.25, -0.2) is 0 Å².